The third-order valence-corrected chi connectivity index (χ3v) is 3.95. The maximum atomic E-state index is 12.3. The van der Waals surface area contributed by atoms with Crippen LogP contribution in [-0.4, -0.2) is 41.3 Å². The van der Waals surface area contributed by atoms with Gasteiger partial charge in [0.2, 0.25) is 11.8 Å². The van der Waals surface area contributed by atoms with Crippen molar-refractivity contribution in [1.82, 2.24) is 15.2 Å². The molecule has 0 aliphatic heterocycles. The average Bonchev–Trinajstić information content (AvgIpc) is 2.52. The number of aromatic amines is 1. The number of aryl methyl sites for hydroxylation is 1. The summed E-state index contributed by atoms with van der Waals surface area (Å²) in [6, 6.07) is 1.90. The summed E-state index contributed by atoms with van der Waals surface area (Å²) < 4.78 is 0. The molecule has 0 radical (unpaired) electrons. The minimum Gasteiger partial charge on any atom is -0.355 e. The van der Waals surface area contributed by atoms with Crippen molar-refractivity contribution in [2.75, 3.05) is 19.6 Å². The van der Waals surface area contributed by atoms with E-state index in [1.807, 2.05) is 19.9 Å². The summed E-state index contributed by atoms with van der Waals surface area (Å²) in [5.74, 6) is -0.317. The molecule has 0 unspecified atom stereocenters. The third-order valence-electron chi connectivity index (χ3n) is 3.95. The van der Waals surface area contributed by atoms with Gasteiger partial charge in [0.25, 0.3) is 5.56 Å². The number of hydrogen-bond acceptors (Lipinski definition) is 4. The Morgan fingerprint density at radius 1 is 1.29 bits per heavy atom. The number of nitriles is 1. The van der Waals surface area contributed by atoms with Crippen molar-refractivity contribution < 1.29 is 9.59 Å². The molecule has 0 aliphatic rings. The van der Waals surface area contributed by atoms with E-state index >= 15 is 0 Å². The minimum absolute atomic E-state index is 0.0379. The molecule has 2 amide bonds. The van der Waals surface area contributed by atoms with Crippen LogP contribution in [0.15, 0.2) is 4.79 Å². The molecule has 130 valence electrons. The molecule has 0 aromatic carbocycles. The van der Waals surface area contributed by atoms with Crippen LogP contribution in [0.5, 0.6) is 0 Å². The third kappa shape index (κ3) is 4.69. The highest BCUT2D eigenvalue weighted by atomic mass is 16.2. The van der Waals surface area contributed by atoms with Crippen LogP contribution in [0.2, 0.25) is 0 Å². The van der Waals surface area contributed by atoms with Gasteiger partial charge < -0.3 is 15.2 Å². The number of hydrogen-bond donors (Lipinski definition) is 2. The van der Waals surface area contributed by atoms with Crippen LogP contribution in [0.25, 0.3) is 0 Å². The van der Waals surface area contributed by atoms with Gasteiger partial charge in [-0.05, 0) is 45.2 Å². The molecular formula is C17H24N4O3. The number of rotatable bonds is 7. The Morgan fingerprint density at radius 2 is 1.96 bits per heavy atom. The van der Waals surface area contributed by atoms with Crippen molar-refractivity contribution in [3.8, 4) is 6.07 Å². The Kier molecular flexibility index (Phi) is 7.18. The highest BCUT2D eigenvalue weighted by molar-refractivity contribution is 5.84. The normalized spacial score (nSPS) is 10.1. The lowest BCUT2D eigenvalue weighted by molar-refractivity contribution is -0.135. The zero-order chi connectivity index (χ0) is 18.3. The first-order valence-electron chi connectivity index (χ1n) is 8.02. The van der Waals surface area contributed by atoms with Gasteiger partial charge in [-0.1, -0.05) is 0 Å². The SMILES string of the molecule is CCNC(=O)CN(CC)C(=O)CCc1c(C)[nH]c(=O)c(C#N)c1C. The van der Waals surface area contributed by atoms with Crippen LogP contribution >= 0.6 is 0 Å². The van der Waals surface area contributed by atoms with Gasteiger partial charge in [-0.2, -0.15) is 5.26 Å². The van der Waals surface area contributed by atoms with Crippen LogP contribution in [-0.2, 0) is 16.0 Å². The van der Waals surface area contributed by atoms with Gasteiger partial charge in [-0.3, -0.25) is 14.4 Å². The van der Waals surface area contributed by atoms with Crippen molar-refractivity contribution in [3.05, 3.63) is 32.7 Å². The highest BCUT2D eigenvalue weighted by Gasteiger charge is 2.17. The smallest absolute Gasteiger partial charge is 0.266 e. The predicted octanol–water partition coefficient (Wildman–Crippen LogP) is 0.781. The lowest BCUT2D eigenvalue weighted by Crippen LogP contribution is -2.40. The van der Waals surface area contributed by atoms with E-state index in [0.29, 0.717) is 30.8 Å². The molecule has 2 N–H and O–H groups in total. The molecule has 1 aromatic heterocycles. The van der Waals surface area contributed by atoms with Gasteiger partial charge in [0.1, 0.15) is 11.6 Å². The van der Waals surface area contributed by atoms with Gasteiger partial charge in [-0.15, -0.1) is 0 Å². The standard InChI is InChI=1S/C17H24N4O3/c1-5-19-15(22)10-21(6-2)16(23)8-7-13-11(3)14(9-18)17(24)20-12(13)4/h5-8,10H2,1-4H3,(H,19,22)(H,20,24). The monoisotopic (exact) mass is 332 g/mol. The molecule has 0 saturated heterocycles. The van der Waals surface area contributed by atoms with Crippen molar-refractivity contribution >= 4 is 11.8 Å². The summed E-state index contributed by atoms with van der Waals surface area (Å²) in [6.07, 6.45) is 0.625. The lowest BCUT2D eigenvalue weighted by atomic mass is 9.99. The quantitative estimate of drug-likeness (QED) is 0.769. The number of amides is 2. The van der Waals surface area contributed by atoms with E-state index < -0.39 is 5.56 Å². The number of carbonyl (C=O) groups excluding carboxylic acids is 2. The first-order valence-corrected chi connectivity index (χ1v) is 8.02. The summed E-state index contributed by atoms with van der Waals surface area (Å²) in [5, 5.41) is 11.7. The highest BCUT2D eigenvalue weighted by Crippen LogP contribution is 2.15. The molecule has 7 nitrogen and oxygen atoms in total. The van der Waals surface area contributed by atoms with Crippen molar-refractivity contribution in [2.24, 2.45) is 0 Å². The second kappa shape index (κ2) is 8.87. The van der Waals surface area contributed by atoms with E-state index in [1.54, 1.807) is 13.8 Å². The van der Waals surface area contributed by atoms with Crippen LogP contribution in [0.1, 0.15) is 42.7 Å². The van der Waals surface area contributed by atoms with Crippen LogP contribution in [0.3, 0.4) is 0 Å². The number of nitrogens with zero attached hydrogens (tertiary/aromatic N) is 2. The molecule has 0 bridgehead atoms. The van der Waals surface area contributed by atoms with Crippen LogP contribution < -0.4 is 10.9 Å². The van der Waals surface area contributed by atoms with E-state index in [9.17, 15) is 14.4 Å². The predicted molar refractivity (Wildman–Crippen MR) is 90.5 cm³/mol. The second-order valence-electron chi connectivity index (χ2n) is 5.53. The lowest BCUT2D eigenvalue weighted by Gasteiger charge is -2.20. The summed E-state index contributed by atoms with van der Waals surface area (Å²) >= 11 is 0. The molecule has 0 atom stereocenters. The Bertz CT molecular complexity index is 716. The van der Waals surface area contributed by atoms with Crippen molar-refractivity contribution in [1.29, 1.82) is 5.26 Å². The molecule has 7 heteroatoms. The average molecular weight is 332 g/mol. The number of H-pyrrole nitrogens is 1. The maximum absolute atomic E-state index is 12.3. The molecular weight excluding hydrogens is 308 g/mol. The first-order chi connectivity index (χ1) is 11.3. The van der Waals surface area contributed by atoms with Crippen molar-refractivity contribution in [3.63, 3.8) is 0 Å². The van der Waals surface area contributed by atoms with Gasteiger partial charge in [0.15, 0.2) is 0 Å². The number of nitrogens with one attached hydrogen (secondary N) is 2. The Hall–Kier alpha value is -2.62. The molecule has 1 rings (SSSR count). The second-order valence-corrected chi connectivity index (χ2v) is 5.53. The van der Waals surface area contributed by atoms with E-state index in [1.165, 1.54) is 4.90 Å². The number of aromatic nitrogens is 1. The Labute approximate surface area is 141 Å². The van der Waals surface area contributed by atoms with Gasteiger partial charge in [0, 0.05) is 25.2 Å². The Balaban J connectivity index is 2.85. The first kappa shape index (κ1) is 19.4. The minimum atomic E-state index is -0.408. The maximum Gasteiger partial charge on any atom is 0.266 e. The molecule has 0 fully saturated rings. The largest absolute Gasteiger partial charge is 0.355 e. The fourth-order valence-electron chi connectivity index (χ4n) is 2.61. The van der Waals surface area contributed by atoms with E-state index in [0.717, 1.165) is 5.56 Å². The zero-order valence-corrected chi connectivity index (χ0v) is 14.7. The zero-order valence-electron chi connectivity index (χ0n) is 14.7. The number of pyridine rings is 1. The molecule has 0 spiro atoms. The molecule has 0 saturated carbocycles. The fourth-order valence-corrected chi connectivity index (χ4v) is 2.61. The summed E-state index contributed by atoms with van der Waals surface area (Å²) in [5.41, 5.74) is 1.75. The van der Waals surface area contributed by atoms with E-state index in [-0.39, 0.29) is 30.3 Å². The van der Waals surface area contributed by atoms with Crippen molar-refractivity contribution in [2.45, 2.75) is 40.5 Å². The molecule has 0 aliphatic carbocycles. The molecule has 1 heterocycles. The van der Waals surface area contributed by atoms with Gasteiger partial charge in [-0.25, -0.2) is 0 Å². The molecule has 24 heavy (non-hydrogen) atoms. The number of likely N-dealkylation sites (N-methyl/N-ethyl adjacent to an activating group) is 2. The fraction of sp³-hybridized carbons (Fsp3) is 0.529. The summed E-state index contributed by atoms with van der Waals surface area (Å²) in [7, 11) is 0. The topological polar surface area (TPSA) is 106 Å². The summed E-state index contributed by atoms with van der Waals surface area (Å²) in [6.45, 7) is 8.12. The van der Waals surface area contributed by atoms with Crippen LogP contribution in [0, 0.1) is 25.2 Å². The van der Waals surface area contributed by atoms with Gasteiger partial charge in [0.05, 0.1) is 6.54 Å². The number of carbonyl (C=O) groups is 2. The summed E-state index contributed by atoms with van der Waals surface area (Å²) in [4.78, 5) is 39.8. The van der Waals surface area contributed by atoms with E-state index in [4.69, 9.17) is 5.26 Å². The van der Waals surface area contributed by atoms with Gasteiger partial charge >= 0.3 is 0 Å². The molecule has 1 aromatic rings. The van der Waals surface area contributed by atoms with Crippen LogP contribution in [0.4, 0.5) is 0 Å². The Morgan fingerprint density at radius 3 is 2.50 bits per heavy atom. The van der Waals surface area contributed by atoms with E-state index in [2.05, 4.69) is 10.3 Å².